The Morgan fingerprint density at radius 3 is 2.74 bits per heavy atom. The van der Waals surface area contributed by atoms with Crippen LogP contribution in [-0.4, -0.2) is 51.7 Å². The van der Waals surface area contributed by atoms with Crippen molar-refractivity contribution in [2.24, 2.45) is 0 Å². The van der Waals surface area contributed by atoms with Crippen LogP contribution in [0.2, 0.25) is 0 Å². The second kappa shape index (κ2) is 7.78. The van der Waals surface area contributed by atoms with E-state index in [1.165, 1.54) is 10.8 Å². The van der Waals surface area contributed by atoms with Crippen molar-refractivity contribution in [1.29, 1.82) is 0 Å². The molecule has 3 aromatic heterocycles. The topological polar surface area (TPSA) is 67.6 Å². The van der Waals surface area contributed by atoms with E-state index in [2.05, 4.69) is 20.4 Å². The molecule has 0 atom stereocenters. The summed E-state index contributed by atoms with van der Waals surface area (Å²) in [5.74, 6) is 0.662. The van der Waals surface area contributed by atoms with E-state index in [0.29, 0.717) is 12.5 Å². The van der Waals surface area contributed by atoms with Gasteiger partial charge in [0.2, 0.25) is 5.88 Å². The van der Waals surface area contributed by atoms with E-state index in [4.69, 9.17) is 4.74 Å². The molecule has 0 aliphatic carbocycles. The van der Waals surface area contributed by atoms with E-state index in [0.717, 1.165) is 24.2 Å². The SMILES string of the molecule is CN(C)CCOc1cc(CNc2cc(C(F)(F)F)cc3ncnn23)ccn1. The van der Waals surface area contributed by atoms with Crippen molar-refractivity contribution in [3.8, 4) is 5.88 Å². The van der Waals surface area contributed by atoms with Crippen LogP contribution in [0.15, 0.2) is 36.8 Å². The molecule has 7 nitrogen and oxygen atoms in total. The van der Waals surface area contributed by atoms with E-state index in [1.54, 1.807) is 18.3 Å². The van der Waals surface area contributed by atoms with Gasteiger partial charge >= 0.3 is 6.18 Å². The lowest BCUT2D eigenvalue weighted by atomic mass is 10.2. The van der Waals surface area contributed by atoms with Crippen LogP contribution in [0.1, 0.15) is 11.1 Å². The molecule has 0 saturated carbocycles. The van der Waals surface area contributed by atoms with Gasteiger partial charge in [0.1, 0.15) is 18.8 Å². The molecule has 3 rings (SSSR count). The van der Waals surface area contributed by atoms with Crippen molar-refractivity contribution in [2.45, 2.75) is 12.7 Å². The van der Waals surface area contributed by atoms with Gasteiger partial charge < -0.3 is 15.0 Å². The normalized spacial score (nSPS) is 11.9. The fraction of sp³-hybridized carbons (Fsp3) is 0.353. The standard InChI is InChI=1S/C17H19F3N6O/c1-25(2)5-6-27-16-7-12(3-4-21-16)10-22-14-8-13(17(18,19)20)9-15-23-11-24-26(14)15/h3-4,7-9,11,22H,5-6,10H2,1-2H3. The van der Waals surface area contributed by atoms with Gasteiger partial charge in [-0.05, 0) is 37.9 Å². The summed E-state index contributed by atoms with van der Waals surface area (Å²) < 4.78 is 46.1. The molecule has 0 aliphatic heterocycles. The lowest BCUT2D eigenvalue weighted by Gasteiger charge is -2.13. The molecular weight excluding hydrogens is 361 g/mol. The highest BCUT2D eigenvalue weighted by molar-refractivity contribution is 5.52. The van der Waals surface area contributed by atoms with Crippen LogP contribution in [-0.2, 0) is 12.7 Å². The number of halogens is 3. The first-order valence-corrected chi connectivity index (χ1v) is 8.20. The smallest absolute Gasteiger partial charge is 0.416 e. The quantitative estimate of drug-likeness (QED) is 0.680. The van der Waals surface area contributed by atoms with E-state index in [-0.39, 0.29) is 18.0 Å². The molecule has 27 heavy (non-hydrogen) atoms. The lowest BCUT2D eigenvalue weighted by Crippen LogP contribution is -2.19. The van der Waals surface area contributed by atoms with Gasteiger partial charge in [0.15, 0.2) is 5.65 Å². The predicted octanol–water partition coefficient (Wildman–Crippen LogP) is 2.70. The summed E-state index contributed by atoms with van der Waals surface area (Å²) in [6, 6.07) is 5.48. The Bertz CT molecular complexity index is 909. The lowest BCUT2D eigenvalue weighted by molar-refractivity contribution is -0.137. The van der Waals surface area contributed by atoms with Gasteiger partial charge in [0, 0.05) is 25.4 Å². The Labute approximate surface area is 153 Å². The zero-order valence-corrected chi connectivity index (χ0v) is 14.9. The van der Waals surface area contributed by atoms with Crippen LogP contribution in [0.4, 0.5) is 19.0 Å². The number of nitrogens with zero attached hydrogens (tertiary/aromatic N) is 5. The van der Waals surface area contributed by atoms with Crippen LogP contribution in [0, 0.1) is 0 Å². The summed E-state index contributed by atoms with van der Waals surface area (Å²) in [7, 11) is 3.88. The predicted molar refractivity (Wildman–Crippen MR) is 93.6 cm³/mol. The van der Waals surface area contributed by atoms with Gasteiger partial charge in [-0.1, -0.05) is 0 Å². The molecule has 144 valence electrons. The average molecular weight is 380 g/mol. The van der Waals surface area contributed by atoms with Gasteiger partial charge in [0.05, 0.1) is 5.56 Å². The summed E-state index contributed by atoms with van der Waals surface area (Å²) in [4.78, 5) is 9.97. The third-order valence-corrected chi connectivity index (χ3v) is 3.77. The maximum atomic E-state index is 13.1. The van der Waals surface area contributed by atoms with Crippen LogP contribution < -0.4 is 10.1 Å². The fourth-order valence-electron chi connectivity index (χ4n) is 2.38. The van der Waals surface area contributed by atoms with Crippen LogP contribution in [0.5, 0.6) is 5.88 Å². The summed E-state index contributed by atoms with van der Waals surface area (Å²) in [5.41, 5.74) is 0.151. The van der Waals surface area contributed by atoms with Gasteiger partial charge in [-0.2, -0.15) is 22.8 Å². The summed E-state index contributed by atoms with van der Waals surface area (Å²) >= 11 is 0. The zero-order valence-electron chi connectivity index (χ0n) is 14.9. The Balaban J connectivity index is 1.74. The first-order chi connectivity index (χ1) is 12.8. The molecule has 3 heterocycles. The number of rotatable bonds is 7. The van der Waals surface area contributed by atoms with Crippen molar-refractivity contribution < 1.29 is 17.9 Å². The molecule has 0 saturated heterocycles. The number of hydrogen-bond acceptors (Lipinski definition) is 6. The molecule has 1 N–H and O–H groups in total. The van der Waals surface area contributed by atoms with Crippen LogP contribution in [0.25, 0.3) is 5.65 Å². The number of ether oxygens (including phenoxy) is 1. The van der Waals surface area contributed by atoms with E-state index >= 15 is 0 Å². The number of fused-ring (bicyclic) bond motifs is 1. The monoisotopic (exact) mass is 380 g/mol. The fourth-order valence-corrected chi connectivity index (χ4v) is 2.38. The van der Waals surface area contributed by atoms with Crippen molar-refractivity contribution in [3.05, 3.63) is 47.9 Å². The highest BCUT2D eigenvalue weighted by Crippen LogP contribution is 2.31. The maximum absolute atomic E-state index is 13.1. The number of anilines is 1. The largest absolute Gasteiger partial charge is 0.476 e. The number of nitrogens with one attached hydrogen (secondary N) is 1. The molecule has 0 aliphatic rings. The molecule has 3 aromatic rings. The average Bonchev–Trinajstić information content (AvgIpc) is 3.07. The summed E-state index contributed by atoms with van der Waals surface area (Å²) in [6.07, 6.45) is -1.66. The zero-order chi connectivity index (χ0) is 19.4. The van der Waals surface area contributed by atoms with Gasteiger partial charge in [-0.3, -0.25) is 0 Å². The first kappa shape index (κ1) is 18.9. The molecule has 0 amide bonds. The molecule has 0 unspecified atom stereocenters. The van der Waals surface area contributed by atoms with E-state index in [1.807, 2.05) is 19.0 Å². The highest BCUT2D eigenvalue weighted by atomic mass is 19.4. The van der Waals surface area contributed by atoms with Crippen LogP contribution in [0.3, 0.4) is 0 Å². The number of likely N-dealkylation sites (N-methyl/N-ethyl adjacent to an activating group) is 1. The minimum Gasteiger partial charge on any atom is -0.476 e. The number of aromatic nitrogens is 4. The summed E-state index contributed by atoms with van der Waals surface area (Å²) in [6.45, 7) is 1.52. The van der Waals surface area contributed by atoms with Crippen molar-refractivity contribution in [2.75, 3.05) is 32.6 Å². The van der Waals surface area contributed by atoms with Crippen molar-refractivity contribution in [1.82, 2.24) is 24.5 Å². The minimum absolute atomic E-state index is 0.120. The van der Waals surface area contributed by atoms with Crippen LogP contribution >= 0.6 is 0 Å². The van der Waals surface area contributed by atoms with Crippen molar-refractivity contribution >= 4 is 11.5 Å². The maximum Gasteiger partial charge on any atom is 0.416 e. The Morgan fingerprint density at radius 1 is 1.19 bits per heavy atom. The third kappa shape index (κ3) is 4.85. The Kier molecular flexibility index (Phi) is 5.45. The first-order valence-electron chi connectivity index (χ1n) is 8.20. The number of pyridine rings is 2. The number of alkyl halides is 3. The van der Waals surface area contributed by atoms with Gasteiger partial charge in [-0.25, -0.2) is 9.97 Å². The van der Waals surface area contributed by atoms with Crippen molar-refractivity contribution in [3.63, 3.8) is 0 Å². The molecular formula is C17H19F3N6O. The summed E-state index contributed by atoms with van der Waals surface area (Å²) in [5, 5.41) is 6.94. The van der Waals surface area contributed by atoms with Gasteiger partial charge in [0.25, 0.3) is 0 Å². The molecule has 0 fully saturated rings. The second-order valence-corrected chi connectivity index (χ2v) is 6.16. The Hall–Kier alpha value is -2.88. The van der Waals surface area contributed by atoms with E-state index < -0.39 is 11.7 Å². The van der Waals surface area contributed by atoms with E-state index in [9.17, 15) is 13.2 Å². The molecule has 10 heteroatoms. The second-order valence-electron chi connectivity index (χ2n) is 6.16. The molecule has 0 radical (unpaired) electrons. The Morgan fingerprint density at radius 2 is 2.00 bits per heavy atom. The highest BCUT2D eigenvalue weighted by Gasteiger charge is 2.32. The van der Waals surface area contributed by atoms with Gasteiger partial charge in [-0.15, -0.1) is 0 Å². The molecule has 0 aromatic carbocycles. The molecule has 0 spiro atoms. The molecule has 0 bridgehead atoms. The third-order valence-electron chi connectivity index (χ3n) is 3.77. The minimum atomic E-state index is -4.46. The number of hydrogen-bond donors (Lipinski definition) is 1.